The van der Waals surface area contributed by atoms with E-state index in [9.17, 15) is 8.60 Å². The van der Waals surface area contributed by atoms with Crippen molar-refractivity contribution in [3.8, 4) is 0 Å². The van der Waals surface area contributed by atoms with E-state index in [0.29, 0.717) is 4.90 Å². The summed E-state index contributed by atoms with van der Waals surface area (Å²) in [6, 6.07) is 8.19. The lowest BCUT2D eigenvalue weighted by Crippen LogP contribution is -2.03. The zero-order valence-corrected chi connectivity index (χ0v) is 7.74. The molecule has 0 bridgehead atoms. The molecule has 0 aliphatic carbocycles. The first-order chi connectivity index (χ1) is 5.67. The Morgan fingerprint density at radius 3 is 2.50 bits per heavy atom. The van der Waals surface area contributed by atoms with Gasteiger partial charge in [0.05, 0.1) is 4.90 Å². The maximum Gasteiger partial charge on any atom is 0.204 e. The molecular formula is C7H7FO2S2. The number of rotatable bonds is 3. The molecule has 0 N–H and O–H groups in total. The van der Waals surface area contributed by atoms with E-state index >= 15 is 0 Å². The molecule has 1 rings (SSSR count). The molecule has 0 saturated carbocycles. The fourth-order valence-electron chi connectivity index (χ4n) is 0.714. The minimum Gasteiger partial charge on any atom is -0.252 e. The molecule has 0 radical (unpaired) electrons. The van der Waals surface area contributed by atoms with Crippen molar-refractivity contribution in [3.05, 3.63) is 30.3 Å². The van der Waals surface area contributed by atoms with E-state index in [2.05, 4.69) is 15.4 Å². The molecule has 1 atom stereocenters. The highest BCUT2D eigenvalue weighted by Crippen LogP contribution is 2.11. The van der Waals surface area contributed by atoms with Crippen LogP contribution >= 0.6 is 0 Å². The number of halogens is 1. The summed E-state index contributed by atoms with van der Waals surface area (Å²) in [6.07, 6.45) is 0. The summed E-state index contributed by atoms with van der Waals surface area (Å²) < 4.78 is 27.3. The molecule has 1 aromatic carbocycles. The average Bonchev–Trinajstić information content (AvgIpc) is 2.06. The molecule has 5 heteroatoms. The van der Waals surface area contributed by atoms with Gasteiger partial charge in [0.25, 0.3) is 0 Å². The Kier molecular flexibility index (Phi) is 3.13. The van der Waals surface area contributed by atoms with Gasteiger partial charge in [0.2, 0.25) is 6.86 Å². The van der Waals surface area contributed by atoms with E-state index in [1.165, 1.54) is 0 Å². The third-order valence-electron chi connectivity index (χ3n) is 1.23. The molecule has 0 spiro atoms. The molecular weight excluding hydrogens is 199 g/mol. The van der Waals surface area contributed by atoms with Crippen molar-refractivity contribution in [2.45, 2.75) is 4.90 Å². The highest BCUT2D eigenvalue weighted by molar-refractivity contribution is 8.30. The van der Waals surface area contributed by atoms with Gasteiger partial charge in [-0.3, -0.25) is 4.18 Å². The predicted octanol–water partition coefficient (Wildman–Crippen LogP) is 1.65. The Morgan fingerprint density at radius 1 is 1.42 bits per heavy atom. The van der Waals surface area contributed by atoms with Crippen molar-refractivity contribution < 1.29 is 12.8 Å². The summed E-state index contributed by atoms with van der Waals surface area (Å²) in [4.78, 5) is 0.331. The van der Waals surface area contributed by atoms with Crippen LogP contribution in [0.25, 0.3) is 0 Å². The molecule has 12 heavy (non-hydrogen) atoms. The van der Waals surface area contributed by atoms with Gasteiger partial charge < -0.3 is 0 Å². The topological polar surface area (TPSA) is 26.3 Å². The summed E-state index contributed by atoms with van der Waals surface area (Å²) in [5, 5.41) is 0. The highest BCUT2D eigenvalue weighted by atomic mass is 32.8. The Hall–Kier alpha value is -0.520. The quantitative estimate of drug-likeness (QED) is 0.752. The number of benzene rings is 1. The van der Waals surface area contributed by atoms with Crippen molar-refractivity contribution in [3.63, 3.8) is 0 Å². The molecule has 0 aliphatic rings. The minimum atomic E-state index is -3.05. The maximum atomic E-state index is 11.7. The first-order valence-electron chi connectivity index (χ1n) is 3.17. The number of hydrogen-bond donors (Lipinski definition) is 0. The lowest BCUT2D eigenvalue weighted by Gasteiger charge is -2.03. The SMILES string of the molecule is O=S(=S)(OCF)c1ccccc1. The third-order valence-corrected chi connectivity index (χ3v) is 3.35. The summed E-state index contributed by atoms with van der Waals surface area (Å²) >= 11 is 4.57. The molecule has 0 saturated heterocycles. The van der Waals surface area contributed by atoms with Crippen molar-refractivity contribution >= 4 is 20.0 Å². The van der Waals surface area contributed by atoms with E-state index in [-0.39, 0.29) is 0 Å². The smallest absolute Gasteiger partial charge is 0.204 e. The van der Waals surface area contributed by atoms with Crippen LogP contribution in [-0.4, -0.2) is 11.1 Å². The molecule has 1 aromatic rings. The van der Waals surface area contributed by atoms with E-state index in [4.69, 9.17) is 0 Å². The van der Waals surface area contributed by atoms with Crippen molar-refractivity contribution in [1.82, 2.24) is 0 Å². The molecule has 0 aliphatic heterocycles. The van der Waals surface area contributed by atoms with Crippen molar-refractivity contribution in [2.75, 3.05) is 6.86 Å². The van der Waals surface area contributed by atoms with E-state index in [0.717, 1.165) is 0 Å². The van der Waals surface area contributed by atoms with Crippen LogP contribution in [0.1, 0.15) is 0 Å². The van der Waals surface area contributed by atoms with E-state index < -0.39 is 15.6 Å². The van der Waals surface area contributed by atoms with Gasteiger partial charge >= 0.3 is 0 Å². The highest BCUT2D eigenvalue weighted by Gasteiger charge is 2.08. The fraction of sp³-hybridized carbons (Fsp3) is 0.143. The van der Waals surface area contributed by atoms with Crippen LogP contribution in [0, 0.1) is 0 Å². The Morgan fingerprint density at radius 2 is 2.00 bits per heavy atom. The molecule has 0 aromatic heterocycles. The molecule has 0 heterocycles. The van der Waals surface area contributed by atoms with Crippen molar-refractivity contribution in [2.24, 2.45) is 0 Å². The molecule has 66 valence electrons. The van der Waals surface area contributed by atoms with Gasteiger partial charge in [-0.1, -0.05) is 18.2 Å². The normalized spacial score (nSPS) is 15.4. The molecule has 0 fully saturated rings. The lowest BCUT2D eigenvalue weighted by molar-refractivity contribution is 0.211. The van der Waals surface area contributed by atoms with Crippen LogP contribution in [-0.2, 0) is 24.1 Å². The first kappa shape index (κ1) is 9.57. The van der Waals surface area contributed by atoms with Gasteiger partial charge in [0.1, 0.15) is 0 Å². The fourth-order valence-corrected chi connectivity index (χ4v) is 1.90. The summed E-state index contributed by atoms with van der Waals surface area (Å²) in [5.74, 6) is 0. The minimum absolute atomic E-state index is 0.331. The maximum absolute atomic E-state index is 11.7. The first-order valence-corrected chi connectivity index (χ1v) is 5.58. The van der Waals surface area contributed by atoms with Crippen LogP contribution < -0.4 is 0 Å². The Bertz CT molecular complexity index is 334. The second-order valence-electron chi connectivity index (χ2n) is 1.99. The summed E-state index contributed by atoms with van der Waals surface area (Å²) in [5.41, 5.74) is 0. The van der Waals surface area contributed by atoms with Gasteiger partial charge in [-0.2, -0.15) is 0 Å². The van der Waals surface area contributed by atoms with Gasteiger partial charge in [-0.15, -0.1) is 0 Å². The van der Waals surface area contributed by atoms with Crippen LogP contribution in [0.2, 0.25) is 0 Å². The standard InChI is InChI=1S/C7H7FO2S2/c8-6-10-12(9,11)7-4-2-1-3-5-7/h1-5H,6H2. The van der Waals surface area contributed by atoms with Gasteiger partial charge in [-0.25, -0.2) is 8.60 Å². The van der Waals surface area contributed by atoms with Crippen LogP contribution in [0.3, 0.4) is 0 Å². The number of alkyl halides is 1. The van der Waals surface area contributed by atoms with Crippen LogP contribution in [0.5, 0.6) is 0 Å². The van der Waals surface area contributed by atoms with E-state index in [1.807, 2.05) is 0 Å². The zero-order valence-electron chi connectivity index (χ0n) is 6.10. The Balaban J connectivity index is 2.99. The zero-order chi connectivity index (χ0) is 9.03. The van der Waals surface area contributed by atoms with Crippen LogP contribution in [0.4, 0.5) is 4.39 Å². The molecule has 2 nitrogen and oxygen atoms in total. The predicted molar refractivity (Wildman–Crippen MR) is 47.3 cm³/mol. The van der Waals surface area contributed by atoms with Crippen molar-refractivity contribution in [1.29, 1.82) is 0 Å². The summed E-state index contributed by atoms with van der Waals surface area (Å²) in [6.45, 7) is -1.13. The lowest BCUT2D eigenvalue weighted by atomic mass is 10.4. The second kappa shape index (κ2) is 3.93. The average molecular weight is 206 g/mol. The Labute approximate surface area is 75.2 Å². The third kappa shape index (κ3) is 2.23. The largest absolute Gasteiger partial charge is 0.252 e. The monoisotopic (exact) mass is 206 g/mol. The van der Waals surface area contributed by atoms with E-state index in [1.54, 1.807) is 30.3 Å². The van der Waals surface area contributed by atoms with Gasteiger partial charge in [-0.05, 0) is 12.1 Å². The van der Waals surface area contributed by atoms with Crippen LogP contribution in [0.15, 0.2) is 35.2 Å². The second-order valence-corrected chi connectivity index (χ2v) is 4.93. The molecule has 1 unspecified atom stereocenters. The van der Waals surface area contributed by atoms with Gasteiger partial charge in [0.15, 0.2) is 8.77 Å². The molecule has 0 amide bonds. The number of hydrogen-bond acceptors (Lipinski definition) is 3. The summed E-state index contributed by atoms with van der Waals surface area (Å²) in [7, 11) is -3.05. The van der Waals surface area contributed by atoms with Gasteiger partial charge in [0, 0.05) is 11.2 Å².